The van der Waals surface area contributed by atoms with E-state index < -0.39 is 10.0 Å². The van der Waals surface area contributed by atoms with E-state index in [1.54, 1.807) is 42.5 Å². The first-order valence-electron chi connectivity index (χ1n) is 7.84. The van der Waals surface area contributed by atoms with Crippen LogP contribution in [-0.2, 0) is 10.0 Å². The molecule has 0 unspecified atom stereocenters. The smallest absolute Gasteiger partial charge is 0.261 e. The molecule has 0 aliphatic carbocycles. The van der Waals surface area contributed by atoms with Crippen molar-refractivity contribution in [3.05, 3.63) is 54.6 Å². The van der Waals surface area contributed by atoms with Gasteiger partial charge in [0.1, 0.15) is 0 Å². The number of nitrogens with one attached hydrogen (secondary N) is 1. The van der Waals surface area contributed by atoms with Crippen LogP contribution in [0.15, 0.2) is 59.5 Å². The molecule has 2 aromatic carbocycles. The SMILES string of the molecule is CC.CC.CN(C)c1cccc(NS(=O)(=O)c2ccccc2)c1. The zero-order valence-corrected chi connectivity index (χ0v) is 15.7. The number of nitrogens with zero attached hydrogens (tertiary/aromatic N) is 1. The molecule has 1 N–H and O–H groups in total. The van der Waals surface area contributed by atoms with Crippen molar-refractivity contribution >= 4 is 21.4 Å². The Bertz CT molecular complexity index is 654. The summed E-state index contributed by atoms with van der Waals surface area (Å²) >= 11 is 0. The molecule has 0 spiro atoms. The summed E-state index contributed by atoms with van der Waals surface area (Å²) in [5, 5.41) is 0. The largest absolute Gasteiger partial charge is 0.378 e. The van der Waals surface area contributed by atoms with Gasteiger partial charge in [-0.05, 0) is 30.3 Å². The van der Waals surface area contributed by atoms with E-state index in [1.807, 2.05) is 58.8 Å². The van der Waals surface area contributed by atoms with Crippen LogP contribution in [0.25, 0.3) is 0 Å². The van der Waals surface area contributed by atoms with Crippen LogP contribution in [0.1, 0.15) is 27.7 Å². The highest BCUT2D eigenvalue weighted by Gasteiger charge is 2.13. The molecule has 0 aliphatic rings. The summed E-state index contributed by atoms with van der Waals surface area (Å²) in [7, 11) is 0.291. The van der Waals surface area contributed by atoms with Crippen LogP contribution in [0.2, 0.25) is 0 Å². The Morgan fingerprint density at radius 3 is 1.91 bits per heavy atom. The Morgan fingerprint density at radius 1 is 0.826 bits per heavy atom. The molecule has 23 heavy (non-hydrogen) atoms. The Balaban J connectivity index is 0.00000112. The number of benzene rings is 2. The van der Waals surface area contributed by atoms with Gasteiger partial charge in [-0.25, -0.2) is 8.42 Å². The van der Waals surface area contributed by atoms with Gasteiger partial charge >= 0.3 is 0 Å². The highest BCUT2D eigenvalue weighted by molar-refractivity contribution is 7.92. The summed E-state index contributed by atoms with van der Waals surface area (Å²) in [6.45, 7) is 8.00. The first kappa shape index (κ1) is 21.0. The number of anilines is 2. The van der Waals surface area contributed by atoms with Crippen LogP contribution >= 0.6 is 0 Å². The van der Waals surface area contributed by atoms with Gasteiger partial charge < -0.3 is 4.90 Å². The molecule has 0 fully saturated rings. The van der Waals surface area contributed by atoms with Gasteiger partial charge in [0.2, 0.25) is 0 Å². The van der Waals surface area contributed by atoms with E-state index in [9.17, 15) is 8.42 Å². The number of sulfonamides is 1. The van der Waals surface area contributed by atoms with Crippen LogP contribution in [-0.4, -0.2) is 22.5 Å². The minimum atomic E-state index is -3.52. The van der Waals surface area contributed by atoms with E-state index in [-0.39, 0.29) is 4.90 Å². The molecule has 0 atom stereocenters. The monoisotopic (exact) mass is 336 g/mol. The quantitative estimate of drug-likeness (QED) is 0.887. The number of hydrogen-bond donors (Lipinski definition) is 1. The molecule has 0 aromatic heterocycles. The molecule has 0 aliphatic heterocycles. The van der Waals surface area contributed by atoms with Gasteiger partial charge in [-0.2, -0.15) is 0 Å². The van der Waals surface area contributed by atoms with Crippen molar-refractivity contribution in [1.29, 1.82) is 0 Å². The van der Waals surface area contributed by atoms with Crippen LogP contribution in [0, 0.1) is 0 Å². The van der Waals surface area contributed by atoms with Gasteiger partial charge in [0.25, 0.3) is 10.0 Å². The molecule has 5 heteroatoms. The molecular weight excluding hydrogens is 308 g/mol. The van der Waals surface area contributed by atoms with Crippen molar-refractivity contribution in [2.45, 2.75) is 32.6 Å². The van der Waals surface area contributed by atoms with E-state index >= 15 is 0 Å². The van der Waals surface area contributed by atoms with Crippen molar-refractivity contribution < 1.29 is 8.42 Å². The first-order chi connectivity index (χ1) is 11.0. The molecule has 0 bridgehead atoms. The van der Waals surface area contributed by atoms with Crippen molar-refractivity contribution in [3.8, 4) is 0 Å². The molecule has 0 amide bonds. The highest BCUT2D eigenvalue weighted by atomic mass is 32.2. The van der Waals surface area contributed by atoms with Gasteiger partial charge in [0.15, 0.2) is 0 Å². The molecule has 0 radical (unpaired) electrons. The van der Waals surface area contributed by atoms with Crippen molar-refractivity contribution in [1.82, 2.24) is 0 Å². The second-order valence-corrected chi connectivity index (χ2v) is 6.05. The molecule has 0 saturated carbocycles. The van der Waals surface area contributed by atoms with Gasteiger partial charge in [-0.1, -0.05) is 52.0 Å². The number of rotatable bonds is 4. The molecule has 2 aromatic rings. The Kier molecular flexibility index (Phi) is 9.74. The average molecular weight is 337 g/mol. The van der Waals surface area contributed by atoms with E-state index in [0.717, 1.165) is 5.69 Å². The normalized spacial score (nSPS) is 9.65. The second kappa shape index (κ2) is 10.7. The first-order valence-corrected chi connectivity index (χ1v) is 9.32. The van der Waals surface area contributed by atoms with Gasteiger partial charge in [0.05, 0.1) is 10.6 Å². The van der Waals surface area contributed by atoms with Gasteiger partial charge in [0, 0.05) is 19.8 Å². The molecule has 0 saturated heterocycles. The summed E-state index contributed by atoms with van der Waals surface area (Å²) < 4.78 is 26.9. The lowest BCUT2D eigenvalue weighted by atomic mass is 10.3. The third kappa shape index (κ3) is 6.74. The maximum absolute atomic E-state index is 12.2. The minimum absolute atomic E-state index is 0.255. The van der Waals surface area contributed by atoms with E-state index in [4.69, 9.17) is 0 Å². The second-order valence-electron chi connectivity index (χ2n) is 4.36. The van der Waals surface area contributed by atoms with Crippen molar-refractivity contribution in [2.75, 3.05) is 23.7 Å². The fraction of sp³-hybridized carbons (Fsp3) is 0.333. The predicted molar refractivity (Wildman–Crippen MR) is 101 cm³/mol. The maximum atomic E-state index is 12.2. The van der Waals surface area contributed by atoms with Crippen molar-refractivity contribution in [2.24, 2.45) is 0 Å². The van der Waals surface area contributed by atoms with Crippen LogP contribution < -0.4 is 9.62 Å². The van der Waals surface area contributed by atoms with Crippen LogP contribution in [0.4, 0.5) is 11.4 Å². The Hall–Kier alpha value is -2.01. The summed E-state index contributed by atoms with van der Waals surface area (Å²) in [6, 6.07) is 15.6. The number of hydrogen-bond acceptors (Lipinski definition) is 3. The lowest BCUT2D eigenvalue weighted by Gasteiger charge is -2.14. The van der Waals surface area contributed by atoms with Gasteiger partial charge in [-0.3, -0.25) is 4.72 Å². The van der Waals surface area contributed by atoms with E-state index in [2.05, 4.69) is 4.72 Å². The molecule has 2 rings (SSSR count). The van der Waals surface area contributed by atoms with Crippen LogP contribution in [0.3, 0.4) is 0 Å². The summed E-state index contributed by atoms with van der Waals surface area (Å²) in [6.07, 6.45) is 0. The fourth-order valence-electron chi connectivity index (χ4n) is 1.66. The third-order valence-corrected chi connectivity index (χ3v) is 4.07. The average Bonchev–Trinajstić information content (AvgIpc) is 2.59. The lowest BCUT2D eigenvalue weighted by molar-refractivity contribution is 0.601. The van der Waals surface area contributed by atoms with Crippen LogP contribution in [0.5, 0.6) is 0 Å². The Labute approximate surface area is 141 Å². The maximum Gasteiger partial charge on any atom is 0.261 e. The van der Waals surface area contributed by atoms with E-state index in [0.29, 0.717) is 5.69 Å². The molecule has 4 nitrogen and oxygen atoms in total. The molecular formula is C18H28N2O2S. The van der Waals surface area contributed by atoms with Gasteiger partial charge in [-0.15, -0.1) is 0 Å². The third-order valence-electron chi connectivity index (χ3n) is 2.67. The predicted octanol–water partition coefficient (Wildman–Crippen LogP) is 4.61. The summed E-state index contributed by atoms with van der Waals surface area (Å²) in [5.41, 5.74) is 1.49. The summed E-state index contributed by atoms with van der Waals surface area (Å²) in [5.74, 6) is 0. The Morgan fingerprint density at radius 2 is 1.39 bits per heavy atom. The highest BCUT2D eigenvalue weighted by Crippen LogP contribution is 2.20. The zero-order valence-electron chi connectivity index (χ0n) is 14.9. The summed E-state index contributed by atoms with van der Waals surface area (Å²) in [4.78, 5) is 2.17. The van der Waals surface area contributed by atoms with E-state index in [1.165, 1.54) is 0 Å². The lowest BCUT2D eigenvalue weighted by Crippen LogP contribution is -2.14. The topological polar surface area (TPSA) is 49.4 Å². The fourth-order valence-corrected chi connectivity index (χ4v) is 2.73. The standard InChI is InChI=1S/C14H16N2O2S.2C2H6/c1-16(2)13-8-6-7-12(11-13)15-19(17,18)14-9-4-3-5-10-14;2*1-2/h3-11,15H,1-2H3;2*1-2H3. The minimum Gasteiger partial charge on any atom is -0.378 e. The molecule has 128 valence electrons. The molecule has 0 heterocycles. The van der Waals surface area contributed by atoms with Crippen molar-refractivity contribution in [3.63, 3.8) is 0 Å². The zero-order chi connectivity index (χ0) is 17.9.